The molecule has 1 aliphatic heterocycles. The largest absolute Gasteiger partial charge is 0.491 e. The van der Waals surface area contributed by atoms with Crippen molar-refractivity contribution in [3.8, 4) is 5.75 Å². The first kappa shape index (κ1) is 18.8. The minimum atomic E-state index is -0.472. The summed E-state index contributed by atoms with van der Waals surface area (Å²) in [6.45, 7) is 6.98. The smallest absolute Gasteiger partial charge is 0.122 e. The molecule has 1 aliphatic rings. The van der Waals surface area contributed by atoms with Crippen LogP contribution in [0.4, 0.5) is 0 Å². The number of rotatable bonds is 5. The Hall–Kier alpha value is -1.55. The van der Waals surface area contributed by atoms with Crippen molar-refractivity contribution in [3.63, 3.8) is 0 Å². The molecule has 0 radical (unpaired) electrons. The molecule has 0 spiro atoms. The van der Waals surface area contributed by atoms with Crippen LogP contribution in [0.25, 0.3) is 0 Å². The quantitative estimate of drug-likeness (QED) is 0.898. The molecule has 3 rings (SSSR count). The topological polar surface area (TPSA) is 32.7 Å². The molecule has 0 bridgehead atoms. The average Bonchev–Trinajstić information content (AvgIpc) is 2.55. The van der Waals surface area contributed by atoms with E-state index in [1.807, 2.05) is 19.9 Å². The molecule has 0 saturated heterocycles. The molecule has 2 aromatic rings. The second kappa shape index (κ2) is 8.52. The maximum Gasteiger partial charge on any atom is 0.122 e. The number of β-amino-alcohol motifs (C(OH)–C–C–N with tert-alkyl or cyclic N) is 1. The first-order chi connectivity index (χ1) is 11.1. The minimum absolute atomic E-state index is 0. The molecular weight excluding hydrogens is 322 g/mol. The standard InChI is InChI=1S/C20H25NO2.ClH/c1-15-7-8-16(2)20(11-15)23-14-19(22)13-21-10-9-17-5-3-4-6-18(17)12-21;/h3-8,11,19,22H,9-10,12-14H2,1-2H3;1H. The van der Waals surface area contributed by atoms with E-state index in [-0.39, 0.29) is 12.4 Å². The minimum Gasteiger partial charge on any atom is -0.491 e. The number of aliphatic hydroxyl groups is 1. The van der Waals surface area contributed by atoms with Crippen LogP contribution in [-0.4, -0.2) is 35.8 Å². The van der Waals surface area contributed by atoms with Gasteiger partial charge in [-0.25, -0.2) is 0 Å². The van der Waals surface area contributed by atoms with Gasteiger partial charge in [-0.15, -0.1) is 12.4 Å². The molecule has 0 aliphatic carbocycles. The van der Waals surface area contributed by atoms with Gasteiger partial charge in [-0.2, -0.15) is 0 Å². The van der Waals surface area contributed by atoms with E-state index in [2.05, 4.69) is 41.3 Å². The van der Waals surface area contributed by atoms with Crippen molar-refractivity contribution in [1.82, 2.24) is 4.90 Å². The van der Waals surface area contributed by atoms with Crippen LogP contribution in [0, 0.1) is 13.8 Å². The fraction of sp³-hybridized carbons (Fsp3) is 0.400. The Morgan fingerprint density at radius 3 is 2.67 bits per heavy atom. The third-order valence-corrected chi connectivity index (χ3v) is 4.45. The Labute approximate surface area is 150 Å². The van der Waals surface area contributed by atoms with Crippen molar-refractivity contribution < 1.29 is 9.84 Å². The van der Waals surface area contributed by atoms with Crippen molar-refractivity contribution in [2.45, 2.75) is 32.9 Å². The van der Waals surface area contributed by atoms with Gasteiger partial charge in [0.1, 0.15) is 18.5 Å². The highest BCUT2D eigenvalue weighted by Crippen LogP contribution is 2.20. The molecule has 1 atom stereocenters. The number of halogens is 1. The normalized spacial score (nSPS) is 15.3. The Bertz CT molecular complexity index is 674. The lowest BCUT2D eigenvalue weighted by Gasteiger charge is -2.30. The summed E-state index contributed by atoms with van der Waals surface area (Å²) in [5, 5.41) is 10.3. The number of aliphatic hydroxyl groups excluding tert-OH is 1. The van der Waals surface area contributed by atoms with Crippen LogP contribution in [0.1, 0.15) is 22.3 Å². The van der Waals surface area contributed by atoms with Gasteiger partial charge in [0, 0.05) is 19.6 Å². The zero-order valence-electron chi connectivity index (χ0n) is 14.4. The highest BCUT2D eigenvalue weighted by Gasteiger charge is 2.18. The predicted molar refractivity (Wildman–Crippen MR) is 100 cm³/mol. The van der Waals surface area contributed by atoms with E-state index >= 15 is 0 Å². The number of ether oxygens (including phenoxy) is 1. The van der Waals surface area contributed by atoms with Gasteiger partial charge in [-0.05, 0) is 48.6 Å². The van der Waals surface area contributed by atoms with Crippen LogP contribution in [-0.2, 0) is 13.0 Å². The summed E-state index contributed by atoms with van der Waals surface area (Å²) >= 11 is 0. The highest BCUT2D eigenvalue weighted by atomic mass is 35.5. The van der Waals surface area contributed by atoms with Gasteiger partial charge in [-0.1, -0.05) is 36.4 Å². The van der Waals surface area contributed by atoms with Crippen molar-refractivity contribution in [2.75, 3.05) is 19.7 Å². The number of benzene rings is 2. The fourth-order valence-electron chi connectivity index (χ4n) is 3.11. The number of fused-ring (bicyclic) bond motifs is 1. The summed E-state index contributed by atoms with van der Waals surface area (Å²) in [6.07, 6.45) is 0.584. The molecule has 0 fully saturated rings. The first-order valence-electron chi connectivity index (χ1n) is 8.29. The van der Waals surface area contributed by atoms with Gasteiger partial charge < -0.3 is 9.84 Å². The molecular formula is C20H26ClNO2. The highest BCUT2D eigenvalue weighted by molar-refractivity contribution is 5.85. The Morgan fingerprint density at radius 2 is 1.88 bits per heavy atom. The van der Waals surface area contributed by atoms with E-state index in [9.17, 15) is 5.11 Å². The summed E-state index contributed by atoms with van der Waals surface area (Å²) in [6, 6.07) is 14.7. The SMILES string of the molecule is Cc1ccc(C)c(OCC(O)CN2CCc3ccccc3C2)c1.Cl. The Morgan fingerprint density at radius 1 is 1.12 bits per heavy atom. The van der Waals surface area contributed by atoms with E-state index in [1.165, 1.54) is 16.7 Å². The monoisotopic (exact) mass is 347 g/mol. The third-order valence-electron chi connectivity index (χ3n) is 4.45. The molecule has 24 heavy (non-hydrogen) atoms. The Balaban J connectivity index is 0.00000208. The zero-order valence-corrected chi connectivity index (χ0v) is 15.2. The Kier molecular flexibility index (Phi) is 6.67. The van der Waals surface area contributed by atoms with Gasteiger partial charge in [0.25, 0.3) is 0 Å². The van der Waals surface area contributed by atoms with Crippen molar-refractivity contribution >= 4 is 12.4 Å². The van der Waals surface area contributed by atoms with Gasteiger partial charge >= 0.3 is 0 Å². The zero-order chi connectivity index (χ0) is 16.2. The molecule has 1 N–H and O–H groups in total. The summed E-state index contributed by atoms with van der Waals surface area (Å²) in [7, 11) is 0. The van der Waals surface area contributed by atoms with E-state index in [0.717, 1.165) is 30.8 Å². The van der Waals surface area contributed by atoms with Crippen LogP contribution < -0.4 is 4.74 Å². The lowest BCUT2D eigenvalue weighted by molar-refractivity contribution is 0.0635. The predicted octanol–water partition coefficient (Wildman–Crippen LogP) is 3.52. The van der Waals surface area contributed by atoms with Gasteiger partial charge in [0.15, 0.2) is 0 Å². The molecule has 0 amide bonds. The average molecular weight is 348 g/mol. The maximum atomic E-state index is 10.3. The van der Waals surface area contributed by atoms with Crippen LogP contribution in [0.15, 0.2) is 42.5 Å². The molecule has 130 valence electrons. The number of hydrogen-bond donors (Lipinski definition) is 1. The second-order valence-electron chi connectivity index (χ2n) is 6.49. The molecule has 1 heterocycles. The number of aryl methyl sites for hydroxylation is 2. The molecule has 3 nitrogen and oxygen atoms in total. The lowest BCUT2D eigenvalue weighted by Crippen LogP contribution is -2.38. The van der Waals surface area contributed by atoms with Gasteiger partial charge in [-0.3, -0.25) is 4.90 Å². The van der Waals surface area contributed by atoms with Crippen LogP contribution in [0.2, 0.25) is 0 Å². The second-order valence-corrected chi connectivity index (χ2v) is 6.49. The summed E-state index contributed by atoms with van der Waals surface area (Å²) in [4.78, 5) is 2.31. The molecule has 0 saturated carbocycles. The van der Waals surface area contributed by atoms with Crippen LogP contribution in [0.3, 0.4) is 0 Å². The van der Waals surface area contributed by atoms with Gasteiger partial charge in [0.2, 0.25) is 0 Å². The number of hydrogen-bond acceptors (Lipinski definition) is 3. The van der Waals surface area contributed by atoms with E-state index in [4.69, 9.17) is 4.74 Å². The van der Waals surface area contributed by atoms with Crippen molar-refractivity contribution in [2.24, 2.45) is 0 Å². The van der Waals surface area contributed by atoms with Crippen LogP contribution >= 0.6 is 12.4 Å². The third kappa shape index (κ3) is 4.73. The molecule has 2 aromatic carbocycles. The van der Waals surface area contributed by atoms with E-state index in [1.54, 1.807) is 0 Å². The van der Waals surface area contributed by atoms with Crippen molar-refractivity contribution in [3.05, 3.63) is 64.7 Å². The first-order valence-corrected chi connectivity index (χ1v) is 8.29. The van der Waals surface area contributed by atoms with E-state index in [0.29, 0.717) is 13.2 Å². The number of nitrogens with zero attached hydrogens (tertiary/aromatic N) is 1. The summed E-state index contributed by atoms with van der Waals surface area (Å²) in [5.74, 6) is 0.869. The molecule has 1 unspecified atom stereocenters. The van der Waals surface area contributed by atoms with Crippen LogP contribution in [0.5, 0.6) is 5.75 Å². The molecule has 4 heteroatoms. The molecule has 0 aromatic heterocycles. The summed E-state index contributed by atoms with van der Waals surface area (Å²) < 4.78 is 5.81. The summed E-state index contributed by atoms with van der Waals surface area (Å²) in [5.41, 5.74) is 5.09. The van der Waals surface area contributed by atoms with Crippen molar-refractivity contribution in [1.29, 1.82) is 0 Å². The van der Waals surface area contributed by atoms with Gasteiger partial charge in [0.05, 0.1) is 0 Å². The van der Waals surface area contributed by atoms with E-state index < -0.39 is 6.10 Å². The fourth-order valence-corrected chi connectivity index (χ4v) is 3.11. The lowest BCUT2D eigenvalue weighted by atomic mass is 10.00. The maximum absolute atomic E-state index is 10.3.